The van der Waals surface area contributed by atoms with Crippen molar-refractivity contribution < 1.29 is 9.53 Å². The van der Waals surface area contributed by atoms with Crippen LogP contribution in [-0.2, 0) is 16.1 Å². The Balaban J connectivity index is 1.40. The number of rotatable bonds is 7. The van der Waals surface area contributed by atoms with Gasteiger partial charge in [0.1, 0.15) is 0 Å². The molecule has 1 aliphatic rings. The Kier molecular flexibility index (Phi) is 7.22. The Hall–Kier alpha value is -1.71. The second-order valence-corrected chi connectivity index (χ2v) is 7.83. The van der Waals surface area contributed by atoms with Crippen LogP contribution in [0.4, 0.5) is 0 Å². The summed E-state index contributed by atoms with van der Waals surface area (Å²) < 4.78 is 6.89. The van der Waals surface area contributed by atoms with Gasteiger partial charge in [0.2, 0.25) is 0 Å². The molecule has 0 aliphatic heterocycles. The molecule has 3 rings (SSSR count). The van der Waals surface area contributed by atoms with Gasteiger partial charge in [-0.3, -0.25) is 4.79 Å². The van der Waals surface area contributed by atoms with E-state index in [-0.39, 0.29) is 11.7 Å². The number of ketones is 1. The van der Waals surface area contributed by atoms with E-state index in [0.29, 0.717) is 12.5 Å². The second kappa shape index (κ2) is 9.84. The smallest absolute Gasteiger partial charge is 0.158 e. The van der Waals surface area contributed by atoms with E-state index in [1.54, 1.807) is 6.08 Å². The highest BCUT2D eigenvalue weighted by Crippen LogP contribution is 2.30. The van der Waals surface area contributed by atoms with Crippen molar-refractivity contribution in [3.8, 4) is 0 Å². The zero-order chi connectivity index (χ0) is 18.2. The van der Waals surface area contributed by atoms with Crippen molar-refractivity contribution >= 4 is 27.8 Å². The number of hydrogen-bond donors (Lipinski definition) is 0. The Morgan fingerprint density at radius 2 is 1.69 bits per heavy atom. The molecule has 0 radical (unpaired) electrons. The minimum Gasteiger partial charge on any atom is -0.376 e. The predicted octanol–water partition coefficient (Wildman–Crippen LogP) is 6.05. The summed E-state index contributed by atoms with van der Waals surface area (Å²) in [4.78, 5) is 12.5. The van der Waals surface area contributed by atoms with Gasteiger partial charge in [-0.1, -0.05) is 70.5 Å². The lowest BCUT2D eigenvalue weighted by atomic mass is 9.80. The van der Waals surface area contributed by atoms with Crippen molar-refractivity contribution in [1.82, 2.24) is 0 Å². The van der Waals surface area contributed by atoms with Gasteiger partial charge in [0.15, 0.2) is 5.78 Å². The number of hydrogen-bond acceptors (Lipinski definition) is 2. The fourth-order valence-electron chi connectivity index (χ4n) is 3.45. The third-order valence-corrected chi connectivity index (χ3v) is 5.77. The topological polar surface area (TPSA) is 26.3 Å². The Morgan fingerprint density at radius 1 is 1.00 bits per heavy atom. The van der Waals surface area contributed by atoms with E-state index in [1.165, 1.54) is 5.56 Å². The number of carbonyl (C=O) groups is 1. The quantitative estimate of drug-likeness (QED) is 0.516. The number of allylic oxidation sites excluding steroid dienone is 1. The summed E-state index contributed by atoms with van der Waals surface area (Å²) in [7, 11) is 0. The maximum Gasteiger partial charge on any atom is 0.158 e. The van der Waals surface area contributed by atoms with Crippen LogP contribution in [-0.4, -0.2) is 12.4 Å². The summed E-state index contributed by atoms with van der Waals surface area (Å²) in [5, 5.41) is 0. The van der Waals surface area contributed by atoms with Crippen LogP contribution in [0.5, 0.6) is 0 Å². The molecule has 1 fully saturated rings. The van der Waals surface area contributed by atoms with E-state index in [4.69, 9.17) is 4.74 Å². The zero-order valence-electron chi connectivity index (χ0n) is 14.9. The molecule has 0 N–H and O–H groups in total. The first kappa shape index (κ1) is 19.1. The van der Waals surface area contributed by atoms with Crippen LogP contribution in [0.1, 0.15) is 36.8 Å². The molecule has 3 heteroatoms. The highest BCUT2D eigenvalue weighted by molar-refractivity contribution is 9.10. The summed E-state index contributed by atoms with van der Waals surface area (Å²) in [5.41, 5.74) is 2.26. The first-order valence-corrected chi connectivity index (χ1v) is 10.1. The van der Waals surface area contributed by atoms with E-state index in [9.17, 15) is 4.79 Å². The first-order chi connectivity index (χ1) is 12.7. The van der Waals surface area contributed by atoms with Gasteiger partial charge in [-0.25, -0.2) is 0 Å². The van der Waals surface area contributed by atoms with Crippen molar-refractivity contribution in [2.75, 3.05) is 6.61 Å². The van der Waals surface area contributed by atoms with Gasteiger partial charge < -0.3 is 4.74 Å². The lowest BCUT2D eigenvalue weighted by molar-refractivity contribution is -0.119. The lowest BCUT2D eigenvalue weighted by Gasteiger charge is -2.26. The molecule has 0 spiro atoms. The molecule has 0 saturated heterocycles. The van der Waals surface area contributed by atoms with Crippen molar-refractivity contribution in [2.24, 2.45) is 11.8 Å². The maximum atomic E-state index is 12.5. The standard InChI is InChI=1S/C23H25BrO2/c24-22-9-5-4-8-20(22)14-15-23(25)21-12-10-19(11-13-21)17-26-16-18-6-2-1-3-7-18/h1-9,14-15,19,21H,10-13,16-17H2. The van der Waals surface area contributed by atoms with E-state index >= 15 is 0 Å². The van der Waals surface area contributed by atoms with Gasteiger partial charge >= 0.3 is 0 Å². The van der Waals surface area contributed by atoms with Gasteiger partial charge in [0.25, 0.3) is 0 Å². The zero-order valence-corrected chi connectivity index (χ0v) is 16.5. The average molecular weight is 413 g/mol. The fourth-order valence-corrected chi connectivity index (χ4v) is 3.87. The molecule has 0 heterocycles. The average Bonchev–Trinajstić information content (AvgIpc) is 2.68. The molecule has 1 saturated carbocycles. The fraction of sp³-hybridized carbons (Fsp3) is 0.348. The molecule has 1 aliphatic carbocycles. The predicted molar refractivity (Wildman–Crippen MR) is 110 cm³/mol. The summed E-state index contributed by atoms with van der Waals surface area (Å²) in [6, 6.07) is 18.2. The van der Waals surface area contributed by atoms with E-state index in [0.717, 1.165) is 42.3 Å². The number of benzene rings is 2. The molecule has 2 aromatic rings. The molecule has 0 bridgehead atoms. The third-order valence-electron chi connectivity index (χ3n) is 5.05. The molecule has 26 heavy (non-hydrogen) atoms. The van der Waals surface area contributed by atoms with Crippen LogP contribution in [0, 0.1) is 11.8 Å². The van der Waals surface area contributed by atoms with Crippen LogP contribution in [0.3, 0.4) is 0 Å². The van der Waals surface area contributed by atoms with Gasteiger partial charge in [-0.2, -0.15) is 0 Å². The molecular weight excluding hydrogens is 388 g/mol. The second-order valence-electron chi connectivity index (χ2n) is 6.98. The number of halogens is 1. The largest absolute Gasteiger partial charge is 0.376 e. The maximum absolute atomic E-state index is 12.5. The first-order valence-electron chi connectivity index (χ1n) is 9.30. The van der Waals surface area contributed by atoms with Crippen LogP contribution in [0.2, 0.25) is 0 Å². The van der Waals surface area contributed by atoms with Crippen LogP contribution >= 0.6 is 15.9 Å². The highest BCUT2D eigenvalue weighted by Gasteiger charge is 2.25. The minimum absolute atomic E-state index is 0.166. The van der Waals surface area contributed by atoms with Crippen molar-refractivity contribution in [2.45, 2.75) is 32.3 Å². The van der Waals surface area contributed by atoms with Crippen LogP contribution in [0.25, 0.3) is 6.08 Å². The van der Waals surface area contributed by atoms with Gasteiger partial charge in [0, 0.05) is 17.0 Å². The van der Waals surface area contributed by atoms with Gasteiger partial charge in [-0.15, -0.1) is 0 Å². The Bertz CT molecular complexity index is 731. The molecule has 0 atom stereocenters. The molecule has 0 amide bonds. The van der Waals surface area contributed by atoms with E-state index < -0.39 is 0 Å². The summed E-state index contributed by atoms with van der Waals surface area (Å²) >= 11 is 3.51. The van der Waals surface area contributed by atoms with Gasteiger partial charge in [-0.05, 0) is 54.9 Å². The molecule has 136 valence electrons. The van der Waals surface area contributed by atoms with E-state index in [2.05, 4.69) is 28.1 Å². The summed E-state index contributed by atoms with van der Waals surface area (Å²) in [6.45, 7) is 1.47. The van der Waals surface area contributed by atoms with Crippen LogP contribution in [0.15, 0.2) is 65.1 Å². The van der Waals surface area contributed by atoms with Gasteiger partial charge in [0.05, 0.1) is 6.61 Å². The monoisotopic (exact) mass is 412 g/mol. The molecule has 2 aromatic carbocycles. The Labute approximate surface area is 164 Å². The Morgan fingerprint density at radius 3 is 2.42 bits per heavy atom. The lowest BCUT2D eigenvalue weighted by Crippen LogP contribution is -2.23. The molecular formula is C23H25BrO2. The normalized spacial score (nSPS) is 20.3. The molecule has 2 nitrogen and oxygen atoms in total. The minimum atomic E-state index is 0.166. The molecule has 0 aromatic heterocycles. The van der Waals surface area contributed by atoms with Crippen molar-refractivity contribution in [1.29, 1.82) is 0 Å². The summed E-state index contributed by atoms with van der Waals surface area (Å²) in [5.74, 6) is 0.999. The number of ether oxygens (including phenoxy) is 1. The summed E-state index contributed by atoms with van der Waals surface area (Å²) in [6.07, 6.45) is 7.76. The van der Waals surface area contributed by atoms with E-state index in [1.807, 2.05) is 48.5 Å². The number of carbonyl (C=O) groups excluding carboxylic acids is 1. The highest BCUT2D eigenvalue weighted by atomic mass is 79.9. The van der Waals surface area contributed by atoms with Crippen LogP contribution < -0.4 is 0 Å². The molecule has 0 unspecified atom stereocenters. The van der Waals surface area contributed by atoms with Crippen molar-refractivity contribution in [3.63, 3.8) is 0 Å². The third kappa shape index (κ3) is 5.65. The van der Waals surface area contributed by atoms with Crippen molar-refractivity contribution in [3.05, 3.63) is 76.3 Å². The SMILES string of the molecule is O=C(C=Cc1ccccc1Br)C1CCC(COCc2ccccc2)CC1.